The van der Waals surface area contributed by atoms with Crippen molar-refractivity contribution in [2.75, 3.05) is 24.3 Å². The van der Waals surface area contributed by atoms with Crippen molar-refractivity contribution >= 4 is 28.3 Å². The van der Waals surface area contributed by atoms with Crippen LogP contribution in [0.1, 0.15) is 10.5 Å². The van der Waals surface area contributed by atoms with Crippen molar-refractivity contribution in [3.8, 4) is 0 Å². The van der Waals surface area contributed by atoms with E-state index in [0.29, 0.717) is 16.7 Å². The van der Waals surface area contributed by atoms with E-state index in [1.54, 1.807) is 6.07 Å². The Hall–Kier alpha value is -2.82. The molecule has 1 heterocycles. The van der Waals surface area contributed by atoms with Crippen LogP contribution in [0.4, 0.5) is 11.4 Å². The van der Waals surface area contributed by atoms with Gasteiger partial charge in [-0.15, -0.1) is 0 Å². The summed E-state index contributed by atoms with van der Waals surface area (Å²) in [4.78, 5) is 14.3. The van der Waals surface area contributed by atoms with Gasteiger partial charge in [0.15, 0.2) is 11.3 Å². The molecule has 21 heavy (non-hydrogen) atoms. The van der Waals surface area contributed by atoms with Gasteiger partial charge in [0.2, 0.25) is 0 Å². The Morgan fingerprint density at radius 1 is 1.10 bits per heavy atom. The third-order valence-electron chi connectivity index (χ3n) is 3.23. The summed E-state index contributed by atoms with van der Waals surface area (Å²) >= 11 is 0. The molecule has 5 nitrogen and oxygen atoms in total. The fourth-order valence-corrected chi connectivity index (χ4v) is 2.08. The molecule has 3 rings (SSSR count). The van der Waals surface area contributed by atoms with Crippen LogP contribution in [0.5, 0.6) is 0 Å². The molecule has 0 atom stereocenters. The number of amides is 1. The summed E-state index contributed by atoms with van der Waals surface area (Å²) in [5.74, 6) is -0.280. The molecule has 0 fully saturated rings. The second kappa shape index (κ2) is 5.28. The van der Waals surface area contributed by atoms with Gasteiger partial charge in [-0.2, -0.15) is 0 Å². The summed E-state index contributed by atoms with van der Waals surface area (Å²) in [6.07, 6.45) is 0. The molecule has 0 spiro atoms. The average Bonchev–Trinajstić information content (AvgIpc) is 2.92. The van der Waals surface area contributed by atoms with Gasteiger partial charge < -0.3 is 14.7 Å². The number of carbonyl (C=O) groups excluding carboxylic acids is 1. The number of carbonyl (C=O) groups is 1. The highest BCUT2D eigenvalue weighted by Gasteiger charge is 2.15. The lowest BCUT2D eigenvalue weighted by atomic mass is 10.2. The Morgan fingerprint density at radius 2 is 1.81 bits per heavy atom. The molecule has 3 aromatic rings. The highest BCUT2D eigenvalue weighted by molar-refractivity contribution is 6.10. The van der Waals surface area contributed by atoms with E-state index in [1.807, 2.05) is 61.5 Å². The first-order chi connectivity index (χ1) is 10.1. The lowest BCUT2D eigenvalue weighted by molar-refractivity contribution is 0.102. The first kappa shape index (κ1) is 13.2. The van der Waals surface area contributed by atoms with Gasteiger partial charge in [0, 0.05) is 25.5 Å². The van der Waals surface area contributed by atoms with E-state index in [9.17, 15) is 4.79 Å². The van der Waals surface area contributed by atoms with Gasteiger partial charge in [0.1, 0.15) is 0 Å². The van der Waals surface area contributed by atoms with Crippen molar-refractivity contribution in [2.24, 2.45) is 0 Å². The minimum Gasteiger partial charge on any atom is -0.378 e. The zero-order valence-electron chi connectivity index (χ0n) is 11.8. The smallest absolute Gasteiger partial charge is 0.278 e. The van der Waals surface area contributed by atoms with E-state index >= 15 is 0 Å². The standard InChI is InChI=1S/C16H15N3O2/c1-19(2)12-9-7-11(8-10-12)17-16(20)15-13-5-3-4-6-14(13)21-18-15/h3-10H,1-2H3,(H,17,20). The molecule has 106 valence electrons. The van der Waals surface area contributed by atoms with Crippen LogP contribution >= 0.6 is 0 Å². The van der Waals surface area contributed by atoms with Gasteiger partial charge >= 0.3 is 0 Å². The second-order valence-corrected chi connectivity index (χ2v) is 4.92. The number of nitrogens with one attached hydrogen (secondary N) is 1. The van der Waals surface area contributed by atoms with Crippen molar-refractivity contribution in [2.45, 2.75) is 0 Å². The quantitative estimate of drug-likeness (QED) is 0.801. The second-order valence-electron chi connectivity index (χ2n) is 4.92. The summed E-state index contributed by atoms with van der Waals surface area (Å²) in [6.45, 7) is 0. The molecule has 0 radical (unpaired) electrons. The van der Waals surface area contributed by atoms with Crippen LogP contribution in [0, 0.1) is 0 Å². The van der Waals surface area contributed by atoms with Crippen LogP contribution in [0.15, 0.2) is 53.1 Å². The van der Waals surface area contributed by atoms with Crippen molar-refractivity contribution < 1.29 is 9.32 Å². The largest absolute Gasteiger partial charge is 0.378 e. The predicted octanol–water partition coefficient (Wildman–Crippen LogP) is 3.15. The van der Waals surface area contributed by atoms with Gasteiger partial charge in [0.05, 0.1) is 5.39 Å². The molecule has 0 aliphatic heterocycles. The van der Waals surface area contributed by atoms with Gasteiger partial charge in [-0.3, -0.25) is 4.79 Å². The maximum atomic E-state index is 12.3. The number of fused-ring (bicyclic) bond motifs is 1. The number of benzene rings is 2. The fourth-order valence-electron chi connectivity index (χ4n) is 2.08. The number of hydrogen-bond donors (Lipinski definition) is 1. The zero-order chi connectivity index (χ0) is 14.8. The van der Waals surface area contributed by atoms with E-state index in [2.05, 4.69) is 10.5 Å². The molecule has 0 saturated carbocycles. The summed E-state index contributed by atoms with van der Waals surface area (Å²) < 4.78 is 5.14. The molecule has 2 aromatic carbocycles. The van der Waals surface area contributed by atoms with E-state index in [4.69, 9.17) is 4.52 Å². The first-order valence-corrected chi connectivity index (χ1v) is 6.58. The normalized spacial score (nSPS) is 10.6. The number of rotatable bonds is 3. The molecule has 0 saturated heterocycles. The van der Waals surface area contributed by atoms with Crippen LogP contribution < -0.4 is 10.2 Å². The van der Waals surface area contributed by atoms with Gasteiger partial charge in [-0.05, 0) is 36.4 Å². The average molecular weight is 281 g/mol. The summed E-state index contributed by atoms with van der Waals surface area (Å²) in [7, 11) is 3.93. The monoisotopic (exact) mass is 281 g/mol. The van der Waals surface area contributed by atoms with E-state index in [-0.39, 0.29) is 5.91 Å². The SMILES string of the molecule is CN(C)c1ccc(NC(=O)c2noc3ccccc23)cc1. The number of anilines is 2. The van der Waals surface area contributed by atoms with Crippen molar-refractivity contribution in [3.63, 3.8) is 0 Å². The van der Waals surface area contributed by atoms with Crippen LogP contribution in [-0.4, -0.2) is 25.2 Å². The minimum atomic E-state index is -0.280. The molecule has 0 bridgehead atoms. The number of nitrogens with zero attached hydrogens (tertiary/aromatic N) is 2. The summed E-state index contributed by atoms with van der Waals surface area (Å²) in [6, 6.07) is 14.9. The molecule has 0 aliphatic carbocycles. The Morgan fingerprint density at radius 3 is 2.52 bits per heavy atom. The highest BCUT2D eigenvalue weighted by atomic mass is 16.5. The third kappa shape index (κ3) is 2.58. The topological polar surface area (TPSA) is 58.4 Å². The maximum absolute atomic E-state index is 12.3. The summed E-state index contributed by atoms with van der Waals surface area (Å²) in [5.41, 5.74) is 2.69. The van der Waals surface area contributed by atoms with E-state index < -0.39 is 0 Å². The fraction of sp³-hybridized carbons (Fsp3) is 0.125. The van der Waals surface area contributed by atoms with Gasteiger partial charge in [0.25, 0.3) is 5.91 Å². The first-order valence-electron chi connectivity index (χ1n) is 6.58. The number of para-hydroxylation sites is 1. The minimum absolute atomic E-state index is 0.280. The third-order valence-corrected chi connectivity index (χ3v) is 3.23. The summed E-state index contributed by atoms with van der Waals surface area (Å²) in [5, 5.41) is 7.37. The Labute approximate surface area is 122 Å². The number of aromatic nitrogens is 1. The molecule has 1 amide bonds. The lowest BCUT2D eigenvalue weighted by Gasteiger charge is -2.12. The molecule has 0 aliphatic rings. The zero-order valence-corrected chi connectivity index (χ0v) is 11.8. The van der Waals surface area contributed by atoms with Crippen LogP contribution in [-0.2, 0) is 0 Å². The molecule has 5 heteroatoms. The van der Waals surface area contributed by atoms with Crippen molar-refractivity contribution in [1.29, 1.82) is 0 Å². The molecule has 1 aromatic heterocycles. The predicted molar refractivity (Wildman–Crippen MR) is 82.7 cm³/mol. The Kier molecular flexibility index (Phi) is 3.31. The van der Waals surface area contributed by atoms with Gasteiger partial charge in [-0.25, -0.2) is 0 Å². The lowest BCUT2D eigenvalue weighted by Crippen LogP contribution is -2.13. The van der Waals surface area contributed by atoms with Crippen molar-refractivity contribution in [1.82, 2.24) is 5.16 Å². The Balaban J connectivity index is 1.83. The molecular formula is C16H15N3O2. The van der Waals surface area contributed by atoms with E-state index in [0.717, 1.165) is 11.4 Å². The van der Waals surface area contributed by atoms with Crippen LogP contribution in [0.2, 0.25) is 0 Å². The molecular weight excluding hydrogens is 266 g/mol. The van der Waals surface area contributed by atoms with Crippen molar-refractivity contribution in [3.05, 3.63) is 54.2 Å². The highest BCUT2D eigenvalue weighted by Crippen LogP contribution is 2.20. The van der Waals surface area contributed by atoms with E-state index in [1.165, 1.54) is 0 Å². The molecule has 0 unspecified atom stereocenters. The maximum Gasteiger partial charge on any atom is 0.278 e. The Bertz CT molecular complexity index is 776. The molecule has 1 N–H and O–H groups in total. The van der Waals surface area contributed by atoms with Crippen LogP contribution in [0.3, 0.4) is 0 Å². The number of hydrogen-bond acceptors (Lipinski definition) is 4. The van der Waals surface area contributed by atoms with Gasteiger partial charge in [-0.1, -0.05) is 17.3 Å². The van der Waals surface area contributed by atoms with Crippen LogP contribution in [0.25, 0.3) is 11.0 Å².